The molecular formula is C14H22ClFN2O2S. The molecule has 0 aliphatic carbocycles. The number of hydrogen-bond donors (Lipinski definition) is 2. The third-order valence-corrected chi connectivity index (χ3v) is 5.13. The van der Waals surface area contributed by atoms with Gasteiger partial charge in [0.15, 0.2) is 0 Å². The molecular weight excluding hydrogens is 315 g/mol. The van der Waals surface area contributed by atoms with E-state index in [1.807, 2.05) is 13.8 Å². The Balaban J connectivity index is 3.13. The third-order valence-electron chi connectivity index (χ3n) is 3.21. The first-order chi connectivity index (χ1) is 9.85. The molecule has 0 aliphatic heterocycles. The highest BCUT2D eigenvalue weighted by molar-refractivity contribution is 7.89. The molecule has 0 saturated heterocycles. The van der Waals surface area contributed by atoms with Crippen molar-refractivity contribution in [3.63, 3.8) is 0 Å². The molecule has 4 nitrogen and oxygen atoms in total. The Morgan fingerprint density at radius 3 is 2.52 bits per heavy atom. The van der Waals surface area contributed by atoms with E-state index in [0.29, 0.717) is 18.5 Å². The van der Waals surface area contributed by atoms with E-state index in [-0.39, 0.29) is 16.0 Å². The Labute approximate surface area is 131 Å². The molecule has 21 heavy (non-hydrogen) atoms. The Kier molecular flexibility index (Phi) is 7.06. The number of benzene rings is 1. The second-order valence-corrected chi connectivity index (χ2v) is 7.02. The summed E-state index contributed by atoms with van der Waals surface area (Å²) in [5.74, 6) is -0.728. The summed E-state index contributed by atoms with van der Waals surface area (Å²) in [5, 5.41) is 2.78. The van der Waals surface area contributed by atoms with Gasteiger partial charge in [0.2, 0.25) is 10.0 Å². The molecule has 0 amide bonds. The van der Waals surface area contributed by atoms with Crippen molar-refractivity contribution in [3.05, 3.63) is 28.5 Å². The molecule has 7 heteroatoms. The van der Waals surface area contributed by atoms with E-state index in [1.54, 1.807) is 7.05 Å². The van der Waals surface area contributed by atoms with Gasteiger partial charge in [0.25, 0.3) is 0 Å². The molecule has 0 bridgehead atoms. The van der Waals surface area contributed by atoms with Gasteiger partial charge in [0.1, 0.15) is 5.82 Å². The van der Waals surface area contributed by atoms with Gasteiger partial charge in [-0.3, -0.25) is 0 Å². The van der Waals surface area contributed by atoms with Crippen LogP contribution in [0.5, 0.6) is 0 Å². The Bertz CT molecular complexity index is 579. The highest BCUT2D eigenvalue weighted by Crippen LogP contribution is 2.24. The molecule has 0 spiro atoms. The zero-order chi connectivity index (χ0) is 16.0. The number of nitrogens with one attached hydrogen (secondary N) is 2. The molecule has 1 aromatic carbocycles. The van der Waals surface area contributed by atoms with Crippen LogP contribution in [0.15, 0.2) is 17.0 Å². The minimum absolute atomic E-state index is 0.0519. The molecule has 0 saturated carbocycles. The maximum absolute atomic E-state index is 13.8. The number of rotatable bonds is 8. The van der Waals surface area contributed by atoms with E-state index < -0.39 is 15.8 Å². The van der Waals surface area contributed by atoms with E-state index >= 15 is 0 Å². The summed E-state index contributed by atoms with van der Waals surface area (Å²) in [6.07, 6.45) is 2.31. The Hall–Kier alpha value is -0.690. The van der Waals surface area contributed by atoms with Crippen LogP contribution in [-0.2, 0) is 16.6 Å². The SMILES string of the molecule is CCCC(CC)NS(=O)(=O)c1cc(F)c(Cl)c(CNC)c1. The molecule has 1 unspecified atom stereocenters. The number of halogens is 2. The summed E-state index contributed by atoms with van der Waals surface area (Å²) >= 11 is 5.85. The van der Waals surface area contributed by atoms with Gasteiger partial charge >= 0.3 is 0 Å². The van der Waals surface area contributed by atoms with Crippen LogP contribution in [0.1, 0.15) is 38.7 Å². The molecule has 2 N–H and O–H groups in total. The van der Waals surface area contributed by atoms with Crippen molar-refractivity contribution in [1.29, 1.82) is 0 Å². The largest absolute Gasteiger partial charge is 0.316 e. The highest BCUT2D eigenvalue weighted by Gasteiger charge is 2.21. The lowest BCUT2D eigenvalue weighted by atomic mass is 10.1. The standard InChI is InChI=1S/C14H22ClFN2O2S/c1-4-6-11(5-2)18-21(19,20)12-7-10(9-17-3)14(15)13(16)8-12/h7-8,11,17-18H,4-6,9H2,1-3H3. The van der Waals surface area contributed by atoms with Gasteiger partial charge in [-0.15, -0.1) is 0 Å². The molecule has 1 rings (SSSR count). The fourth-order valence-corrected chi connectivity index (χ4v) is 3.67. The lowest BCUT2D eigenvalue weighted by Gasteiger charge is -2.17. The second-order valence-electron chi connectivity index (χ2n) is 4.92. The van der Waals surface area contributed by atoms with E-state index in [4.69, 9.17) is 11.6 Å². The Morgan fingerprint density at radius 1 is 1.33 bits per heavy atom. The van der Waals surface area contributed by atoms with Gasteiger partial charge in [-0.1, -0.05) is 31.9 Å². The van der Waals surface area contributed by atoms with Crippen molar-refractivity contribution in [3.8, 4) is 0 Å². The number of hydrogen-bond acceptors (Lipinski definition) is 3. The summed E-state index contributed by atoms with van der Waals surface area (Å²) in [5.41, 5.74) is 0.420. The first-order valence-electron chi connectivity index (χ1n) is 7.00. The molecule has 0 radical (unpaired) electrons. The summed E-state index contributed by atoms with van der Waals surface area (Å²) in [4.78, 5) is -0.0933. The van der Waals surface area contributed by atoms with Crippen LogP contribution < -0.4 is 10.0 Å². The third kappa shape index (κ3) is 4.92. The first kappa shape index (κ1) is 18.4. The lowest BCUT2D eigenvalue weighted by Crippen LogP contribution is -2.34. The zero-order valence-electron chi connectivity index (χ0n) is 12.5. The summed E-state index contributed by atoms with van der Waals surface area (Å²) in [6, 6.07) is 2.22. The van der Waals surface area contributed by atoms with Crippen molar-refractivity contribution < 1.29 is 12.8 Å². The minimum Gasteiger partial charge on any atom is -0.316 e. The summed E-state index contributed by atoms with van der Waals surface area (Å²) in [6.45, 7) is 4.20. The van der Waals surface area contributed by atoms with Gasteiger partial charge in [0, 0.05) is 12.6 Å². The fourth-order valence-electron chi connectivity index (χ4n) is 2.07. The van der Waals surface area contributed by atoms with Crippen LogP contribution in [0.25, 0.3) is 0 Å². The quantitative estimate of drug-likeness (QED) is 0.767. The van der Waals surface area contributed by atoms with Crippen molar-refractivity contribution >= 4 is 21.6 Å². The fraction of sp³-hybridized carbons (Fsp3) is 0.571. The number of sulfonamides is 1. The van der Waals surface area contributed by atoms with Crippen LogP contribution in [0.3, 0.4) is 0 Å². The van der Waals surface area contributed by atoms with Crippen LogP contribution in [0.4, 0.5) is 4.39 Å². The van der Waals surface area contributed by atoms with Gasteiger partial charge < -0.3 is 5.32 Å². The van der Waals surface area contributed by atoms with E-state index in [2.05, 4.69) is 10.0 Å². The van der Waals surface area contributed by atoms with Crippen LogP contribution in [0.2, 0.25) is 5.02 Å². The maximum atomic E-state index is 13.8. The molecule has 0 aliphatic rings. The van der Waals surface area contributed by atoms with E-state index in [0.717, 1.165) is 18.9 Å². The minimum atomic E-state index is -3.75. The smallest absolute Gasteiger partial charge is 0.240 e. The molecule has 120 valence electrons. The highest BCUT2D eigenvalue weighted by atomic mass is 35.5. The zero-order valence-corrected chi connectivity index (χ0v) is 14.1. The monoisotopic (exact) mass is 336 g/mol. The Morgan fingerprint density at radius 2 is 2.00 bits per heavy atom. The second kappa shape index (κ2) is 8.08. The van der Waals surface area contributed by atoms with Crippen molar-refractivity contribution in [1.82, 2.24) is 10.0 Å². The van der Waals surface area contributed by atoms with Gasteiger partial charge in [-0.05, 0) is 37.6 Å². The summed E-state index contributed by atoms with van der Waals surface area (Å²) < 4.78 is 41.1. The maximum Gasteiger partial charge on any atom is 0.240 e. The van der Waals surface area contributed by atoms with E-state index in [1.165, 1.54) is 6.07 Å². The van der Waals surface area contributed by atoms with Crippen molar-refractivity contribution in [2.75, 3.05) is 7.05 Å². The predicted molar refractivity (Wildman–Crippen MR) is 83.5 cm³/mol. The predicted octanol–water partition coefficient (Wildman–Crippen LogP) is 3.06. The molecule has 0 heterocycles. The van der Waals surface area contributed by atoms with Gasteiger partial charge in [-0.25, -0.2) is 17.5 Å². The molecule has 1 atom stereocenters. The summed E-state index contributed by atoms with van der Waals surface area (Å²) in [7, 11) is -2.07. The van der Waals surface area contributed by atoms with Crippen molar-refractivity contribution in [2.45, 2.75) is 50.6 Å². The van der Waals surface area contributed by atoms with Gasteiger partial charge in [-0.2, -0.15) is 0 Å². The average molecular weight is 337 g/mol. The normalized spacial score (nSPS) is 13.4. The van der Waals surface area contributed by atoms with Crippen LogP contribution in [0, 0.1) is 5.82 Å². The molecule has 0 fully saturated rings. The topological polar surface area (TPSA) is 58.2 Å². The molecule has 1 aromatic rings. The van der Waals surface area contributed by atoms with E-state index in [9.17, 15) is 12.8 Å². The average Bonchev–Trinajstić information content (AvgIpc) is 2.43. The van der Waals surface area contributed by atoms with Gasteiger partial charge in [0.05, 0.1) is 9.92 Å². The van der Waals surface area contributed by atoms with Crippen LogP contribution in [-0.4, -0.2) is 21.5 Å². The van der Waals surface area contributed by atoms with Crippen molar-refractivity contribution in [2.24, 2.45) is 0 Å². The lowest BCUT2D eigenvalue weighted by molar-refractivity contribution is 0.511. The van der Waals surface area contributed by atoms with Crippen LogP contribution >= 0.6 is 11.6 Å². The first-order valence-corrected chi connectivity index (χ1v) is 8.86. The molecule has 0 aromatic heterocycles.